The molecular formula is C14H19F2N. The highest BCUT2D eigenvalue weighted by Gasteiger charge is 2.30. The van der Waals surface area contributed by atoms with Crippen molar-refractivity contribution in [3.8, 4) is 0 Å². The van der Waals surface area contributed by atoms with Crippen molar-refractivity contribution in [3.05, 3.63) is 35.9 Å². The number of alkyl halides is 2. The van der Waals surface area contributed by atoms with Crippen LogP contribution in [0.25, 0.3) is 0 Å². The van der Waals surface area contributed by atoms with E-state index in [2.05, 4.69) is 24.0 Å². The molecule has 1 unspecified atom stereocenters. The van der Waals surface area contributed by atoms with E-state index in [0.29, 0.717) is 18.9 Å². The highest BCUT2D eigenvalue weighted by atomic mass is 19.3. The van der Waals surface area contributed by atoms with E-state index >= 15 is 0 Å². The molecule has 0 saturated carbocycles. The van der Waals surface area contributed by atoms with E-state index in [-0.39, 0.29) is 0 Å². The number of rotatable bonds is 3. The second-order valence-corrected chi connectivity index (χ2v) is 5.12. The summed E-state index contributed by atoms with van der Waals surface area (Å²) in [4.78, 5) is 2.15. The normalized spacial score (nSPS) is 26.4. The van der Waals surface area contributed by atoms with E-state index in [1.54, 1.807) is 0 Å². The number of likely N-dealkylation sites (tertiary alicyclic amines) is 1. The van der Waals surface area contributed by atoms with Crippen molar-refractivity contribution in [2.24, 2.45) is 11.8 Å². The smallest absolute Gasteiger partial charge is 0.242 e. The van der Waals surface area contributed by atoms with Crippen LogP contribution in [-0.4, -0.2) is 24.4 Å². The highest BCUT2D eigenvalue weighted by Crippen LogP contribution is 2.27. The van der Waals surface area contributed by atoms with E-state index in [0.717, 1.165) is 13.1 Å². The van der Waals surface area contributed by atoms with Gasteiger partial charge in [-0.3, -0.25) is 4.90 Å². The third-order valence-electron chi connectivity index (χ3n) is 3.37. The SMILES string of the molecule is C[C@H]1CC(C(F)F)CN(Cc2ccccc2)C1. The molecule has 0 N–H and O–H groups in total. The molecule has 2 rings (SSSR count). The molecule has 1 heterocycles. The first-order valence-corrected chi connectivity index (χ1v) is 6.19. The first kappa shape index (κ1) is 12.5. The van der Waals surface area contributed by atoms with Gasteiger partial charge in [0.2, 0.25) is 6.43 Å². The van der Waals surface area contributed by atoms with Gasteiger partial charge in [0, 0.05) is 25.6 Å². The van der Waals surface area contributed by atoms with E-state index in [1.807, 2.05) is 18.2 Å². The van der Waals surface area contributed by atoms with Crippen LogP contribution in [0, 0.1) is 11.8 Å². The molecule has 1 aliphatic rings. The van der Waals surface area contributed by atoms with Gasteiger partial charge in [-0.15, -0.1) is 0 Å². The first-order valence-electron chi connectivity index (χ1n) is 6.19. The Balaban J connectivity index is 1.96. The van der Waals surface area contributed by atoms with Crippen molar-refractivity contribution >= 4 is 0 Å². The number of benzene rings is 1. The summed E-state index contributed by atoms with van der Waals surface area (Å²) < 4.78 is 25.6. The lowest BCUT2D eigenvalue weighted by Crippen LogP contribution is -2.41. The van der Waals surface area contributed by atoms with Gasteiger partial charge in [-0.25, -0.2) is 8.78 Å². The zero-order valence-electron chi connectivity index (χ0n) is 10.2. The van der Waals surface area contributed by atoms with Crippen molar-refractivity contribution < 1.29 is 8.78 Å². The Hall–Kier alpha value is -0.960. The van der Waals surface area contributed by atoms with Gasteiger partial charge in [0.1, 0.15) is 0 Å². The van der Waals surface area contributed by atoms with Crippen LogP contribution in [0.5, 0.6) is 0 Å². The van der Waals surface area contributed by atoms with Crippen LogP contribution in [0.3, 0.4) is 0 Å². The number of nitrogens with zero attached hydrogens (tertiary/aromatic N) is 1. The van der Waals surface area contributed by atoms with Gasteiger partial charge in [-0.05, 0) is 17.9 Å². The first-order chi connectivity index (χ1) is 8.15. The summed E-state index contributed by atoms with van der Waals surface area (Å²) in [5.74, 6) is -0.0890. The van der Waals surface area contributed by atoms with Crippen LogP contribution in [0.15, 0.2) is 30.3 Å². The molecule has 0 aliphatic carbocycles. The Kier molecular flexibility index (Phi) is 4.11. The van der Waals surface area contributed by atoms with Crippen molar-refractivity contribution in [3.63, 3.8) is 0 Å². The molecule has 0 amide bonds. The predicted octanol–water partition coefficient (Wildman–Crippen LogP) is 3.41. The molecule has 0 aromatic heterocycles. The monoisotopic (exact) mass is 239 g/mol. The number of hydrogen-bond acceptors (Lipinski definition) is 1. The van der Waals surface area contributed by atoms with Crippen molar-refractivity contribution in [1.29, 1.82) is 0 Å². The molecule has 0 radical (unpaired) electrons. The number of piperidine rings is 1. The van der Waals surface area contributed by atoms with Crippen LogP contribution < -0.4 is 0 Å². The average Bonchev–Trinajstić information content (AvgIpc) is 2.29. The molecule has 1 aliphatic heterocycles. The Bertz CT molecular complexity index is 339. The molecule has 2 atom stereocenters. The van der Waals surface area contributed by atoms with Crippen LogP contribution >= 0.6 is 0 Å². The second kappa shape index (κ2) is 5.58. The molecule has 1 fully saturated rings. The highest BCUT2D eigenvalue weighted by molar-refractivity contribution is 5.14. The molecule has 17 heavy (non-hydrogen) atoms. The summed E-state index contributed by atoms with van der Waals surface area (Å²) in [7, 11) is 0. The van der Waals surface area contributed by atoms with Crippen molar-refractivity contribution in [2.75, 3.05) is 13.1 Å². The third-order valence-corrected chi connectivity index (χ3v) is 3.37. The molecule has 1 saturated heterocycles. The van der Waals surface area contributed by atoms with Gasteiger partial charge in [0.05, 0.1) is 0 Å². The largest absolute Gasteiger partial charge is 0.298 e. The molecule has 1 nitrogen and oxygen atoms in total. The Morgan fingerprint density at radius 2 is 1.94 bits per heavy atom. The maximum atomic E-state index is 12.8. The molecule has 0 spiro atoms. The fraction of sp³-hybridized carbons (Fsp3) is 0.571. The standard InChI is InChI=1S/C14H19F2N/c1-11-7-13(14(15)16)10-17(8-11)9-12-5-3-2-4-6-12/h2-6,11,13-14H,7-10H2,1H3/t11-,13?/m0/s1. The summed E-state index contributed by atoms with van der Waals surface area (Å²) in [5.41, 5.74) is 1.20. The van der Waals surface area contributed by atoms with Crippen molar-refractivity contribution in [2.45, 2.75) is 26.3 Å². The van der Waals surface area contributed by atoms with E-state index in [4.69, 9.17) is 0 Å². The van der Waals surface area contributed by atoms with Crippen LogP contribution in [-0.2, 0) is 6.54 Å². The minimum atomic E-state index is -2.18. The maximum absolute atomic E-state index is 12.8. The average molecular weight is 239 g/mol. The molecular weight excluding hydrogens is 220 g/mol. The van der Waals surface area contributed by atoms with Gasteiger partial charge >= 0.3 is 0 Å². The quantitative estimate of drug-likeness (QED) is 0.781. The lowest BCUT2D eigenvalue weighted by molar-refractivity contribution is 0.00835. The van der Waals surface area contributed by atoms with E-state index < -0.39 is 12.3 Å². The molecule has 1 aromatic rings. The number of hydrogen-bond donors (Lipinski definition) is 0. The summed E-state index contributed by atoms with van der Waals surface area (Å²) in [5, 5.41) is 0. The summed E-state index contributed by atoms with van der Waals surface area (Å²) in [6.07, 6.45) is -1.53. The lowest BCUT2D eigenvalue weighted by atomic mass is 9.90. The Labute approximate surface area is 101 Å². The summed E-state index contributed by atoms with van der Waals surface area (Å²) >= 11 is 0. The molecule has 1 aromatic carbocycles. The second-order valence-electron chi connectivity index (χ2n) is 5.12. The van der Waals surface area contributed by atoms with Crippen LogP contribution in [0.1, 0.15) is 18.9 Å². The third kappa shape index (κ3) is 3.50. The van der Waals surface area contributed by atoms with Gasteiger partial charge in [-0.2, -0.15) is 0 Å². The van der Waals surface area contributed by atoms with Crippen LogP contribution in [0.2, 0.25) is 0 Å². The van der Waals surface area contributed by atoms with E-state index in [1.165, 1.54) is 5.56 Å². The summed E-state index contributed by atoms with van der Waals surface area (Å²) in [6.45, 7) is 4.30. The lowest BCUT2D eigenvalue weighted by Gasteiger charge is -2.36. The topological polar surface area (TPSA) is 3.24 Å². The predicted molar refractivity (Wildman–Crippen MR) is 65.0 cm³/mol. The van der Waals surface area contributed by atoms with Gasteiger partial charge in [0.25, 0.3) is 0 Å². The van der Waals surface area contributed by atoms with Gasteiger partial charge in [0.15, 0.2) is 0 Å². The number of halogens is 2. The minimum absolute atomic E-state index is 0.367. The van der Waals surface area contributed by atoms with Gasteiger partial charge < -0.3 is 0 Å². The Morgan fingerprint density at radius 1 is 1.24 bits per heavy atom. The Morgan fingerprint density at radius 3 is 2.59 bits per heavy atom. The molecule has 94 valence electrons. The fourth-order valence-corrected chi connectivity index (χ4v) is 2.67. The fourth-order valence-electron chi connectivity index (χ4n) is 2.67. The van der Waals surface area contributed by atoms with E-state index in [9.17, 15) is 8.78 Å². The molecule has 3 heteroatoms. The molecule has 0 bridgehead atoms. The minimum Gasteiger partial charge on any atom is -0.298 e. The maximum Gasteiger partial charge on any atom is 0.242 e. The van der Waals surface area contributed by atoms with Crippen LogP contribution in [0.4, 0.5) is 8.78 Å². The van der Waals surface area contributed by atoms with Crippen molar-refractivity contribution in [1.82, 2.24) is 4.90 Å². The van der Waals surface area contributed by atoms with Gasteiger partial charge in [-0.1, -0.05) is 37.3 Å². The zero-order chi connectivity index (χ0) is 12.3. The zero-order valence-corrected chi connectivity index (χ0v) is 10.2. The summed E-state index contributed by atoms with van der Waals surface area (Å²) in [6, 6.07) is 10.1.